The Morgan fingerprint density at radius 2 is 1.10 bits per heavy atom. The lowest BCUT2D eigenvalue weighted by atomic mass is 10.0. The van der Waals surface area contributed by atoms with Crippen molar-refractivity contribution in [1.82, 2.24) is 8.61 Å². The third-order valence-electron chi connectivity index (χ3n) is 4.21. The van der Waals surface area contributed by atoms with Gasteiger partial charge >= 0.3 is 0 Å². The van der Waals surface area contributed by atoms with Crippen LogP contribution >= 0.6 is 45.2 Å². The second-order valence-corrected chi connectivity index (χ2v) is 10.7. The van der Waals surface area contributed by atoms with Crippen LogP contribution in [0, 0.1) is 0 Å². The molecule has 0 atom stereocenters. The number of benzene rings is 2. The van der Waals surface area contributed by atoms with Gasteiger partial charge in [0.25, 0.3) is 0 Å². The van der Waals surface area contributed by atoms with E-state index in [1.807, 2.05) is 71.8 Å². The molecule has 0 aliphatic heterocycles. The molecule has 2 rings (SSSR count). The van der Waals surface area contributed by atoms with Crippen LogP contribution in [-0.4, -0.2) is 35.4 Å². The highest BCUT2D eigenvalue weighted by Gasteiger charge is 2.08. The van der Waals surface area contributed by atoms with E-state index in [0.717, 1.165) is 32.5 Å². The molecule has 0 saturated heterocycles. The van der Waals surface area contributed by atoms with Crippen LogP contribution in [0.3, 0.4) is 0 Å². The third-order valence-corrected chi connectivity index (χ3v) is 7.02. The zero-order valence-electron chi connectivity index (χ0n) is 18.1. The van der Waals surface area contributed by atoms with Gasteiger partial charge in [0.05, 0.1) is 11.4 Å². The minimum Gasteiger partial charge on any atom is -0.299 e. The van der Waals surface area contributed by atoms with Crippen LogP contribution in [0.4, 0.5) is 11.4 Å². The van der Waals surface area contributed by atoms with E-state index in [0.29, 0.717) is 11.8 Å². The molecule has 0 heterocycles. The molecule has 0 fully saturated rings. The Labute approximate surface area is 198 Å². The molecular weight excluding hydrogens is 455 g/mol. The van der Waals surface area contributed by atoms with Gasteiger partial charge in [-0.3, -0.25) is 8.61 Å². The van der Waals surface area contributed by atoms with Crippen LogP contribution in [0.5, 0.6) is 0 Å². The number of nitrogens with zero attached hydrogens (tertiary/aromatic N) is 4. The minimum absolute atomic E-state index is 0.356. The first kappa shape index (κ1) is 24.9. The Balaban J connectivity index is 1.95. The Morgan fingerprint density at radius 3 is 1.43 bits per heavy atom. The van der Waals surface area contributed by atoms with E-state index >= 15 is 0 Å². The molecule has 0 spiro atoms. The van der Waals surface area contributed by atoms with Crippen LogP contribution < -0.4 is 0 Å². The van der Waals surface area contributed by atoms with Crippen LogP contribution in [0.1, 0.15) is 50.7 Å². The SMILES string of the molecule is CC(C)c1cc(Cl)ccc1N=CN(C)SSN(C)C=Nc1ccc(Cl)cc1C(C)C. The molecule has 4 nitrogen and oxygen atoms in total. The topological polar surface area (TPSA) is 31.2 Å². The van der Waals surface area contributed by atoms with Crippen molar-refractivity contribution in [1.29, 1.82) is 0 Å². The highest BCUT2D eigenvalue weighted by Crippen LogP contribution is 2.32. The molecule has 30 heavy (non-hydrogen) atoms. The first-order valence-electron chi connectivity index (χ1n) is 9.65. The van der Waals surface area contributed by atoms with Gasteiger partial charge in [0.1, 0.15) is 12.7 Å². The fourth-order valence-corrected chi connectivity index (χ4v) is 4.25. The molecule has 0 radical (unpaired) electrons. The van der Waals surface area contributed by atoms with Crippen molar-refractivity contribution in [2.45, 2.75) is 39.5 Å². The molecule has 0 N–H and O–H groups in total. The lowest BCUT2D eigenvalue weighted by Gasteiger charge is -2.16. The molecule has 0 saturated carbocycles. The van der Waals surface area contributed by atoms with E-state index in [1.165, 1.54) is 0 Å². The fraction of sp³-hybridized carbons (Fsp3) is 0.364. The third kappa shape index (κ3) is 7.73. The summed E-state index contributed by atoms with van der Waals surface area (Å²) in [6.45, 7) is 8.55. The average Bonchev–Trinajstić information content (AvgIpc) is 2.70. The Kier molecular flexibility index (Phi) is 9.88. The average molecular weight is 484 g/mol. The summed E-state index contributed by atoms with van der Waals surface area (Å²) in [5, 5.41) is 1.47. The zero-order chi connectivity index (χ0) is 22.3. The highest BCUT2D eigenvalue weighted by molar-refractivity contribution is 8.75. The monoisotopic (exact) mass is 482 g/mol. The second kappa shape index (κ2) is 11.9. The normalized spacial score (nSPS) is 11.9. The molecule has 0 aromatic heterocycles. The lowest BCUT2D eigenvalue weighted by Crippen LogP contribution is -2.09. The summed E-state index contributed by atoms with van der Waals surface area (Å²) in [4.78, 5) is 9.25. The molecule has 0 aliphatic carbocycles. The zero-order valence-corrected chi connectivity index (χ0v) is 21.3. The lowest BCUT2D eigenvalue weighted by molar-refractivity contribution is 0.854. The smallest absolute Gasteiger partial charge is 0.102 e. The van der Waals surface area contributed by atoms with Gasteiger partial charge in [-0.25, -0.2) is 9.98 Å². The quantitative estimate of drug-likeness (QED) is 0.155. The summed E-state index contributed by atoms with van der Waals surface area (Å²) in [6.07, 6.45) is 3.63. The Hall–Kier alpha value is -1.34. The number of halogens is 2. The molecule has 8 heteroatoms. The van der Waals surface area contributed by atoms with Crippen LogP contribution in [0.2, 0.25) is 10.0 Å². The van der Waals surface area contributed by atoms with Gasteiger partial charge in [0.15, 0.2) is 0 Å². The summed E-state index contributed by atoms with van der Waals surface area (Å²) < 4.78 is 3.91. The second-order valence-electron chi connectivity index (χ2n) is 7.45. The van der Waals surface area contributed by atoms with E-state index in [2.05, 4.69) is 37.7 Å². The molecule has 2 aromatic rings. The number of aliphatic imine (C=N–C) groups is 2. The van der Waals surface area contributed by atoms with Gasteiger partial charge in [0.2, 0.25) is 0 Å². The first-order valence-corrected chi connectivity index (χ1v) is 12.5. The molecule has 0 bridgehead atoms. The van der Waals surface area contributed by atoms with Gasteiger partial charge in [-0.2, -0.15) is 0 Å². The van der Waals surface area contributed by atoms with Crippen molar-refractivity contribution in [2.75, 3.05) is 14.1 Å². The highest BCUT2D eigenvalue weighted by atomic mass is 35.5. The first-order chi connectivity index (χ1) is 14.2. The summed E-state index contributed by atoms with van der Waals surface area (Å²) in [5.41, 5.74) is 4.15. The van der Waals surface area contributed by atoms with E-state index < -0.39 is 0 Å². The summed E-state index contributed by atoms with van der Waals surface area (Å²) in [6, 6.07) is 11.6. The minimum atomic E-state index is 0.356. The maximum atomic E-state index is 6.12. The summed E-state index contributed by atoms with van der Waals surface area (Å²) in [7, 11) is 7.05. The van der Waals surface area contributed by atoms with Gasteiger partial charge in [-0.05, 0) is 59.4 Å². The fourth-order valence-electron chi connectivity index (χ4n) is 2.64. The number of hydrogen-bond donors (Lipinski definition) is 0. The predicted octanol–water partition coefficient (Wildman–Crippen LogP) is 8.34. The van der Waals surface area contributed by atoms with Crippen molar-refractivity contribution in [2.24, 2.45) is 9.98 Å². The van der Waals surface area contributed by atoms with E-state index in [-0.39, 0.29) is 0 Å². The molecule has 162 valence electrons. The Bertz CT molecular complexity index is 827. The van der Waals surface area contributed by atoms with E-state index in [4.69, 9.17) is 23.2 Å². The van der Waals surface area contributed by atoms with Crippen LogP contribution in [0.25, 0.3) is 0 Å². The largest absolute Gasteiger partial charge is 0.299 e. The molecule has 0 amide bonds. The maximum absolute atomic E-state index is 6.12. The summed E-state index contributed by atoms with van der Waals surface area (Å²) >= 11 is 12.2. The summed E-state index contributed by atoms with van der Waals surface area (Å²) in [5.74, 6) is 0.711. The molecule has 0 unspecified atom stereocenters. The van der Waals surface area contributed by atoms with Gasteiger partial charge < -0.3 is 0 Å². The van der Waals surface area contributed by atoms with Crippen molar-refractivity contribution in [3.63, 3.8) is 0 Å². The molecule has 0 aliphatic rings. The van der Waals surface area contributed by atoms with Crippen molar-refractivity contribution in [3.05, 3.63) is 57.6 Å². The molecule has 2 aromatic carbocycles. The number of hydrogen-bond acceptors (Lipinski definition) is 4. The van der Waals surface area contributed by atoms with Gasteiger partial charge in [-0.15, -0.1) is 0 Å². The predicted molar refractivity (Wildman–Crippen MR) is 138 cm³/mol. The van der Waals surface area contributed by atoms with Crippen LogP contribution in [-0.2, 0) is 0 Å². The van der Waals surface area contributed by atoms with Crippen molar-refractivity contribution < 1.29 is 0 Å². The number of rotatable bonds is 9. The Morgan fingerprint density at radius 1 is 0.733 bits per heavy atom. The standard InChI is InChI=1S/C22H28Cl2N4S2/c1-15(2)19-11-17(23)7-9-21(19)25-13-27(5)29-30-28(6)14-26-22-10-8-18(24)12-20(22)16(3)4/h7-16H,1-6H3. The maximum Gasteiger partial charge on any atom is 0.102 e. The van der Waals surface area contributed by atoms with Gasteiger partial charge in [-0.1, -0.05) is 50.9 Å². The van der Waals surface area contributed by atoms with Crippen molar-refractivity contribution >= 4 is 69.2 Å². The van der Waals surface area contributed by atoms with Gasteiger partial charge in [0, 0.05) is 46.1 Å². The van der Waals surface area contributed by atoms with Crippen LogP contribution in [0.15, 0.2) is 46.4 Å². The van der Waals surface area contributed by atoms with Crippen molar-refractivity contribution in [3.8, 4) is 0 Å². The molecular formula is C22H28Cl2N4S2. The van der Waals surface area contributed by atoms with E-state index in [1.54, 1.807) is 22.0 Å². The van der Waals surface area contributed by atoms with E-state index in [9.17, 15) is 0 Å².